The number of hydrogen-bond acceptors (Lipinski definition) is 3. The summed E-state index contributed by atoms with van der Waals surface area (Å²) in [5, 5.41) is 3.63. The van der Waals surface area contributed by atoms with Gasteiger partial charge in [-0.15, -0.1) is 0 Å². The fourth-order valence-electron chi connectivity index (χ4n) is 2.76. The Morgan fingerprint density at radius 2 is 2.05 bits per heavy atom. The zero-order chi connectivity index (χ0) is 15.1. The first-order valence-electron chi connectivity index (χ1n) is 7.61. The number of likely N-dealkylation sites (tertiary alicyclic amines) is 1. The molecule has 1 aromatic carbocycles. The van der Waals surface area contributed by atoms with Crippen LogP contribution in [-0.4, -0.2) is 37.0 Å². The second-order valence-electron chi connectivity index (χ2n) is 5.67. The molecule has 1 saturated heterocycles. The maximum atomic E-state index is 12.0. The molecule has 116 valence electrons. The van der Waals surface area contributed by atoms with Crippen LogP contribution < -0.4 is 11.1 Å². The largest absolute Gasteiger partial charge is 0.351 e. The fraction of sp³-hybridized carbons (Fsp3) is 0.562. The van der Waals surface area contributed by atoms with Gasteiger partial charge in [-0.1, -0.05) is 29.8 Å². The fourth-order valence-corrected chi connectivity index (χ4v) is 2.97. The molecule has 2 rings (SSSR count). The number of halogens is 1. The van der Waals surface area contributed by atoms with Crippen LogP contribution in [0.25, 0.3) is 0 Å². The summed E-state index contributed by atoms with van der Waals surface area (Å²) in [6.07, 6.45) is 3.40. The number of hydrogen-bond donors (Lipinski definition) is 2. The minimum absolute atomic E-state index is 0.0622. The summed E-state index contributed by atoms with van der Waals surface area (Å²) in [5.41, 5.74) is 6.55. The van der Waals surface area contributed by atoms with E-state index in [4.69, 9.17) is 17.3 Å². The standard InChI is InChI=1S/C16H24ClN3O/c17-15-4-2-1-3-14(15)11-19-16(21)12-20-9-6-13(5-8-18)7-10-20/h1-4,13H,5-12,18H2,(H,19,21). The van der Waals surface area contributed by atoms with Crippen LogP contribution in [0.5, 0.6) is 0 Å². The number of nitrogens with zero attached hydrogens (tertiary/aromatic N) is 1. The summed E-state index contributed by atoms with van der Waals surface area (Å²) in [5.74, 6) is 0.796. The van der Waals surface area contributed by atoms with Gasteiger partial charge in [0.15, 0.2) is 0 Å². The number of nitrogens with two attached hydrogens (primary N) is 1. The Morgan fingerprint density at radius 3 is 2.71 bits per heavy atom. The molecule has 0 atom stereocenters. The lowest BCUT2D eigenvalue weighted by Crippen LogP contribution is -2.41. The molecule has 1 amide bonds. The van der Waals surface area contributed by atoms with Gasteiger partial charge in [0.25, 0.3) is 0 Å². The lowest BCUT2D eigenvalue weighted by atomic mass is 9.94. The molecule has 1 aliphatic heterocycles. The van der Waals surface area contributed by atoms with E-state index in [1.165, 1.54) is 0 Å². The van der Waals surface area contributed by atoms with Gasteiger partial charge in [0.05, 0.1) is 6.54 Å². The predicted molar refractivity (Wildman–Crippen MR) is 86.1 cm³/mol. The molecule has 0 aromatic heterocycles. The Balaban J connectivity index is 1.70. The predicted octanol–water partition coefficient (Wildman–Crippen LogP) is 2.02. The molecule has 1 fully saturated rings. The Kier molecular flexibility index (Phi) is 6.49. The van der Waals surface area contributed by atoms with Gasteiger partial charge >= 0.3 is 0 Å². The zero-order valence-corrected chi connectivity index (χ0v) is 13.1. The molecular formula is C16H24ClN3O. The number of piperidine rings is 1. The molecule has 0 spiro atoms. The molecule has 0 aliphatic carbocycles. The van der Waals surface area contributed by atoms with Crippen LogP contribution in [0, 0.1) is 5.92 Å². The third-order valence-corrected chi connectivity index (χ3v) is 4.45. The van der Waals surface area contributed by atoms with Crippen molar-refractivity contribution in [3.63, 3.8) is 0 Å². The minimum atomic E-state index is 0.0622. The van der Waals surface area contributed by atoms with Crippen LogP contribution in [0.2, 0.25) is 5.02 Å². The van der Waals surface area contributed by atoms with Crippen LogP contribution in [0.4, 0.5) is 0 Å². The lowest BCUT2D eigenvalue weighted by molar-refractivity contribution is -0.122. The van der Waals surface area contributed by atoms with Crippen LogP contribution >= 0.6 is 11.6 Å². The summed E-state index contributed by atoms with van der Waals surface area (Å²) in [6.45, 7) is 3.71. The van der Waals surface area contributed by atoms with Crippen molar-refractivity contribution < 1.29 is 4.79 Å². The highest BCUT2D eigenvalue weighted by Crippen LogP contribution is 2.19. The number of nitrogens with one attached hydrogen (secondary N) is 1. The average molecular weight is 310 g/mol. The highest BCUT2D eigenvalue weighted by Gasteiger charge is 2.20. The number of amides is 1. The van der Waals surface area contributed by atoms with E-state index in [1.807, 2.05) is 24.3 Å². The van der Waals surface area contributed by atoms with E-state index in [-0.39, 0.29) is 5.91 Å². The normalized spacial score (nSPS) is 16.9. The molecule has 0 radical (unpaired) electrons. The van der Waals surface area contributed by atoms with E-state index >= 15 is 0 Å². The van der Waals surface area contributed by atoms with E-state index in [0.717, 1.165) is 50.4 Å². The van der Waals surface area contributed by atoms with Gasteiger partial charge < -0.3 is 11.1 Å². The first-order chi connectivity index (χ1) is 10.2. The van der Waals surface area contributed by atoms with Crippen molar-refractivity contribution in [2.75, 3.05) is 26.2 Å². The Bertz CT molecular complexity index is 459. The summed E-state index contributed by atoms with van der Waals surface area (Å²) in [6, 6.07) is 7.58. The SMILES string of the molecule is NCCC1CCN(CC(=O)NCc2ccccc2Cl)CC1. The van der Waals surface area contributed by atoms with Crippen molar-refractivity contribution in [1.82, 2.24) is 10.2 Å². The first-order valence-corrected chi connectivity index (χ1v) is 7.99. The molecule has 21 heavy (non-hydrogen) atoms. The second-order valence-corrected chi connectivity index (χ2v) is 6.07. The maximum absolute atomic E-state index is 12.0. The number of carbonyl (C=O) groups excluding carboxylic acids is 1. The van der Waals surface area contributed by atoms with Crippen molar-refractivity contribution in [2.45, 2.75) is 25.8 Å². The summed E-state index contributed by atoms with van der Waals surface area (Å²) >= 11 is 6.07. The molecule has 1 heterocycles. The molecule has 0 saturated carbocycles. The molecule has 0 bridgehead atoms. The van der Waals surface area contributed by atoms with Crippen molar-refractivity contribution in [1.29, 1.82) is 0 Å². The third kappa shape index (κ3) is 5.30. The van der Waals surface area contributed by atoms with Crippen molar-refractivity contribution >= 4 is 17.5 Å². The molecule has 1 aromatic rings. The molecule has 5 heteroatoms. The Hall–Kier alpha value is -1.10. The van der Waals surface area contributed by atoms with Crippen LogP contribution in [-0.2, 0) is 11.3 Å². The smallest absolute Gasteiger partial charge is 0.234 e. The minimum Gasteiger partial charge on any atom is -0.351 e. The number of benzene rings is 1. The lowest BCUT2D eigenvalue weighted by Gasteiger charge is -2.31. The Morgan fingerprint density at radius 1 is 1.33 bits per heavy atom. The second kappa shape index (κ2) is 8.37. The van der Waals surface area contributed by atoms with Crippen molar-refractivity contribution in [3.8, 4) is 0 Å². The molecule has 0 unspecified atom stereocenters. The Labute approximate surface area is 131 Å². The van der Waals surface area contributed by atoms with Gasteiger partial charge in [-0.3, -0.25) is 9.69 Å². The van der Waals surface area contributed by atoms with Crippen LogP contribution in [0.3, 0.4) is 0 Å². The number of rotatable bonds is 6. The van der Waals surface area contributed by atoms with Crippen LogP contribution in [0.15, 0.2) is 24.3 Å². The molecule has 1 aliphatic rings. The maximum Gasteiger partial charge on any atom is 0.234 e. The summed E-state index contributed by atoms with van der Waals surface area (Å²) < 4.78 is 0. The topological polar surface area (TPSA) is 58.4 Å². The van der Waals surface area contributed by atoms with Gasteiger partial charge in [-0.25, -0.2) is 0 Å². The number of carbonyl (C=O) groups is 1. The van der Waals surface area contributed by atoms with Gasteiger partial charge in [-0.05, 0) is 56.4 Å². The van der Waals surface area contributed by atoms with Gasteiger partial charge in [-0.2, -0.15) is 0 Å². The first kappa shape index (κ1) is 16.3. The van der Waals surface area contributed by atoms with Gasteiger partial charge in [0, 0.05) is 11.6 Å². The monoisotopic (exact) mass is 309 g/mol. The average Bonchev–Trinajstić information content (AvgIpc) is 2.49. The molecular weight excluding hydrogens is 286 g/mol. The van der Waals surface area contributed by atoms with Crippen LogP contribution in [0.1, 0.15) is 24.8 Å². The van der Waals surface area contributed by atoms with E-state index < -0.39 is 0 Å². The van der Waals surface area contributed by atoms with E-state index in [1.54, 1.807) is 0 Å². The highest BCUT2D eigenvalue weighted by atomic mass is 35.5. The zero-order valence-electron chi connectivity index (χ0n) is 12.4. The van der Waals surface area contributed by atoms with E-state index in [0.29, 0.717) is 18.1 Å². The molecule has 3 N–H and O–H groups in total. The van der Waals surface area contributed by atoms with Gasteiger partial charge in [0.1, 0.15) is 0 Å². The van der Waals surface area contributed by atoms with Crippen molar-refractivity contribution in [3.05, 3.63) is 34.9 Å². The summed E-state index contributed by atoms with van der Waals surface area (Å²) in [4.78, 5) is 14.2. The highest BCUT2D eigenvalue weighted by molar-refractivity contribution is 6.31. The van der Waals surface area contributed by atoms with E-state index in [9.17, 15) is 4.79 Å². The summed E-state index contributed by atoms with van der Waals surface area (Å²) in [7, 11) is 0. The third-order valence-electron chi connectivity index (χ3n) is 4.08. The molecule has 4 nitrogen and oxygen atoms in total. The van der Waals surface area contributed by atoms with Crippen molar-refractivity contribution in [2.24, 2.45) is 11.7 Å². The van der Waals surface area contributed by atoms with E-state index in [2.05, 4.69) is 10.2 Å². The quantitative estimate of drug-likeness (QED) is 0.845. The van der Waals surface area contributed by atoms with Gasteiger partial charge in [0.2, 0.25) is 5.91 Å².